The summed E-state index contributed by atoms with van der Waals surface area (Å²) in [4.78, 5) is 4.29. The lowest BCUT2D eigenvalue weighted by Crippen LogP contribution is -2.38. The first-order valence-corrected chi connectivity index (χ1v) is 4.72. The van der Waals surface area contributed by atoms with E-state index in [0.717, 1.165) is 25.6 Å². The minimum absolute atomic E-state index is 0.451. The monoisotopic (exact) mass is 194 g/mol. The molecule has 0 radical (unpaired) electrons. The molecule has 14 heavy (non-hydrogen) atoms. The number of rotatable bonds is 3. The molecule has 2 rings (SSSR count). The van der Waals surface area contributed by atoms with Gasteiger partial charge in [0.2, 0.25) is 0 Å². The second-order valence-corrected chi connectivity index (χ2v) is 3.36. The van der Waals surface area contributed by atoms with Gasteiger partial charge >= 0.3 is 0 Å². The molecule has 76 valence electrons. The van der Waals surface area contributed by atoms with Crippen LogP contribution < -0.4 is 10.6 Å². The van der Waals surface area contributed by atoms with Crippen molar-refractivity contribution in [1.29, 1.82) is 0 Å². The molecule has 0 aliphatic carbocycles. The summed E-state index contributed by atoms with van der Waals surface area (Å²) in [6.45, 7) is 4.64. The SMILES string of the molecule is CC1CN=C(NCCn2cnnc2)N1. The summed E-state index contributed by atoms with van der Waals surface area (Å²) in [5.41, 5.74) is 0. The Kier molecular flexibility index (Phi) is 2.62. The summed E-state index contributed by atoms with van der Waals surface area (Å²) in [7, 11) is 0. The standard InChI is InChI=1S/C8H14N6/c1-7-4-10-8(13-7)9-2-3-14-5-11-12-6-14/h5-7H,2-4H2,1H3,(H2,9,10,13). The van der Waals surface area contributed by atoms with Gasteiger partial charge < -0.3 is 15.2 Å². The van der Waals surface area contributed by atoms with Crippen LogP contribution in [0.3, 0.4) is 0 Å². The fourth-order valence-corrected chi connectivity index (χ4v) is 1.30. The summed E-state index contributed by atoms with van der Waals surface area (Å²) in [5.74, 6) is 0.894. The topological polar surface area (TPSA) is 67.1 Å². The van der Waals surface area contributed by atoms with E-state index in [9.17, 15) is 0 Å². The molecule has 1 aliphatic heterocycles. The molecule has 0 fully saturated rings. The summed E-state index contributed by atoms with van der Waals surface area (Å²) >= 11 is 0. The molecule has 0 bridgehead atoms. The molecule has 1 aliphatic rings. The Bertz CT molecular complexity index is 304. The quantitative estimate of drug-likeness (QED) is 0.662. The van der Waals surface area contributed by atoms with Crippen LogP contribution in [0.25, 0.3) is 0 Å². The van der Waals surface area contributed by atoms with Crippen molar-refractivity contribution in [3.63, 3.8) is 0 Å². The summed E-state index contributed by atoms with van der Waals surface area (Å²) in [5, 5.41) is 13.9. The van der Waals surface area contributed by atoms with Crippen LogP contribution in [0.1, 0.15) is 6.92 Å². The number of nitrogens with one attached hydrogen (secondary N) is 2. The van der Waals surface area contributed by atoms with Crippen molar-refractivity contribution in [2.75, 3.05) is 13.1 Å². The molecule has 1 aromatic heterocycles. The van der Waals surface area contributed by atoms with E-state index in [2.05, 4.69) is 32.7 Å². The van der Waals surface area contributed by atoms with E-state index in [1.807, 2.05) is 4.57 Å². The van der Waals surface area contributed by atoms with Crippen molar-refractivity contribution in [3.05, 3.63) is 12.7 Å². The maximum absolute atomic E-state index is 4.29. The van der Waals surface area contributed by atoms with Crippen molar-refractivity contribution >= 4 is 5.96 Å². The largest absolute Gasteiger partial charge is 0.355 e. The van der Waals surface area contributed by atoms with Gasteiger partial charge in [-0.2, -0.15) is 0 Å². The first-order chi connectivity index (χ1) is 6.84. The molecular weight excluding hydrogens is 180 g/mol. The normalized spacial score (nSPS) is 20.4. The number of aliphatic imine (C=N–C) groups is 1. The van der Waals surface area contributed by atoms with Gasteiger partial charge in [0.25, 0.3) is 0 Å². The van der Waals surface area contributed by atoms with Crippen LogP contribution in [0.15, 0.2) is 17.6 Å². The maximum Gasteiger partial charge on any atom is 0.191 e. The van der Waals surface area contributed by atoms with Gasteiger partial charge in [-0.25, -0.2) is 0 Å². The minimum atomic E-state index is 0.451. The highest BCUT2D eigenvalue weighted by atomic mass is 15.3. The molecule has 0 saturated carbocycles. The van der Waals surface area contributed by atoms with Gasteiger partial charge in [0.1, 0.15) is 12.7 Å². The Morgan fingerprint density at radius 1 is 1.57 bits per heavy atom. The average Bonchev–Trinajstić information content (AvgIpc) is 2.77. The van der Waals surface area contributed by atoms with Crippen LogP contribution in [0.2, 0.25) is 0 Å². The first kappa shape index (κ1) is 8.98. The predicted octanol–water partition coefficient (Wildman–Crippen LogP) is -0.785. The highest BCUT2D eigenvalue weighted by molar-refractivity contribution is 5.81. The Labute approximate surface area is 82.4 Å². The Hall–Kier alpha value is -1.59. The van der Waals surface area contributed by atoms with E-state index >= 15 is 0 Å². The van der Waals surface area contributed by atoms with Crippen LogP contribution in [-0.4, -0.2) is 39.9 Å². The molecular formula is C8H14N6. The second-order valence-electron chi connectivity index (χ2n) is 3.36. The molecule has 6 nitrogen and oxygen atoms in total. The highest BCUT2D eigenvalue weighted by Crippen LogP contribution is 1.91. The van der Waals surface area contributed by atoms with Crippen molar-refractivity contribution in [1.82, 2.24) is 25.4 Å². The van der Waals surface area contributed by atoms with Crippen molar-refractivity contribution in [3.8, 4) is 0 Å². The van der Waals surface area contributed by atoms with Crippen LogP contribution in [0.5, 0.6) is 0 Å². The van der Waals surface area contributed by atoms with Crippen molar-refractivity contribution in [2.45, 2.75) is 19.5 Å². The summed E-state index contributed by atoms with van der Waals surface area (Å²) in [6.07, 6.45) is 3.41. The molecule has 2 N–H and O–H groups in total. The first-order valence-electron chi connectivity index (χ1n) is 4.72. The van der Waals surface area contributed by atoms with Crippen molar-refractivity contribution in [2.24, 2.45) is 4.99 Å². The number of nitrogens with zero attached hydrogens (tertiary/aromatic N) is 4. The fraction of sp³-hybridized carbons (Fsp3) is 0.625. The predicted molar refractivity (Wildman–Crippen MR) is 52.9 cm³/mol. The van der Waals surface area contributed by atoms with Gasteiger partial charge in [-0.05, 0) is 6.92 Å². The Balaban J connectivity index is 1.69. The van der Waals surface area contributed by atoms with Gasteiger partial charge in [-0.15, -0.1) is 10.2 Å². The summed E-state index contributed by atoms with van der Waals surface area (Å²) < 4.78 is 1.92. The number of guanidine groups is 1. The highest BCUT2D eigenvalue weighted by Gasteiger charge is 2.10. The molecule has 0 amide bonds. The minimum Gasteiger partial charge on any atom is -0.355 e. The van der Waals surface area contributed by atoms with Gasteiger partial charge in [0.05, 0.1) is 6.54 Å². The Morgan fingerprint density at radius 2 is 2.36 bits per heavy atom. The molecule has 1 aromatic rings. The lowest BCUT2D eigenvalue weighted by Gasteiger charge is -2.08. The number of hydrogen-bond donors (Lipinski definition) is 2. The molecule has 0 aromatic carbocycles. The molecule has 1 unspecified atom stereocenters. The Morgan fingerprint density at radius 3 is 3.00 bits per heavy atom. The lowest BCUT2D eigenvalue weighted by atomic mass is 10.4. The molecule has 0 saturated heterocycles. The lowest BCUT2D eigenvalue weighted by molar-refractivity contribution is 0.657. The molecule has 0 spiro atoms. The fourth-order valence-electron chi connectivity index (χ4n) is 1.30. The van der Waals surface area contributed by atoms with Crippen LogP contribution in [0, 0.1) is 0 Å². The zero-order chi connectivity index (χ0) is 9.80. The van der Waals surface area contributed by atoms with Crippen LogP contribution in [0.4, 0.5) is 0 Å². The number of aromatic nitrogens is 3. The van der Waals surface area contributed by atoms with E-state index in [-0.39, 0.29) is 0 Å². The van der Waals surface area contributed by atoms with Gasteiger partial charge in [-0.1, -0.05) is 0 Å². The third kappa shape index (κ3) is 2.21. The molecule has 6 heteroatoms. The van der Waals surface area contributed by atoms with E-state index in [4.69, 9.17) is 0 Å². The van der Waals surface area contributed by atoms with Gasteiger partial charge in [0.15, 0.2) is 5.96 Å². The third-order valence-electron chi connectivity index (χ3n) is 2.04. The van der Waals surface area contributed by atoms with E-state index in [1.54, 1.807) is 12.7 Å². The van der Waals surface area contributed by atoms with Gasteiger partial charge in [0, 0.05) is 19.1 Å². The second kappa shape index (κ2) is 4.08. The maximum atomic E-state index is 4.29. The zero-order valence-electron chi connectivity index (χ0n) is 8.14. The average molecular weight is 194 g/mol. The third-order valence-corrected chi connectivity index (χ3v) is 2.04. The smallest absolute Gasteiger partial charge is 0.191 e. The van der Waals surface area contributed by atoms with E-state index in [0.29, 0.717) is 6.04 Å². The van der Waals surface area contributed by atoms with Crippen LogP contribution >= 0.6 is 0 Å². The van der Waals surface area contributed by atoms with E-state index in [1.165, 1.54) is 0 Å². The zero-order valence-corrected chi connectivity index (χ0v) is 8.14. The van der Waals surface area contributed by atoms with Crippen molar-refractivity contribution < 1.29 is 0 Å². The molecule has 1 atom stereocenters. The number of hydrogen-bond acceptors (Lipinski definition) is 5. The molecule has 2 heterocycles. The summed E-state index contributed by atoms with van der Waals surface area (Å²) in [6, 6.07) is 0.451. The van der Waals surface area contributed by atoms with Gasteiger partial charge in [-0.3, -0.25) is 4.99 Å². The van der Waals surface area contributed by atoms with E-state index < -0.39 is 0 Å². The van der Waals surface area contributed by atoms with Crippen LogP contribution in [-0.2, 0) is 6.54 Å².